The van der Waals surface area contributed by atoms with Crippen molar-refractivity contribution in [2.75, 3.05) is 26.4 Å². The summed E-state index contributed by atoms with van der Waals surface area (Å²) in [5.41, 5.74) is -0.775. The van der Waals surface area contributed by atoms with Crippen molar-refractivity contribution in [1.29, 1.82) is 0 Å². The Hall–Kier alpha value is -1.06. The van der Waals surface area contributed by atoms with E-state index in [-0.39, 0.29) is 48.1 Å². The molecule has 1 unspecified atom stereocenters. The van der Waals surface area contributed by atoms with Gasteiger partial charge in [-0.05, 0) is 63.4 Å². The van der Waals surface area contributed by atoms with Crippen LogP contribution in [0, 0.1) is 29.1 Å². The van der Waals surface area contributed by atoms with E-state index in [4.69, 9.17) is 23.7 Å². The van der Waals surface area contributed by atoms with Gasteiger partial charge < -0.3 is 33.9 Å². The third-order valence-corrected chi connectivity index (χ3v) is 9.61. The van der Waals surface area contributed by atoms with Crippen LogP contribution in [0.3, 0.4) is 0 Å². The molecular formula is C28H40O7. The SMILES string of the molecule is CCOC1C[C@@]2(CO1)C[C@]1(O)C[C@H]3[C@@H](CCO)[C@H](COCc4ccccc4)[C@@H]1[C@@]21OC(C)(C)O[C@H]31. The van der Waals surface area contributed by atoms with Gasteiger partial charge in [0.1, 0.15) is 5.60 Å². The van der Waals surface area contributed by atoms with E-state index in [1.54, 1.807) is 0 Å². The monoisotopic (exact) mass is 488 g/mol. The molecule has 4 saturated carbocycles. The van der Waals surface area contributed by atoms with Crippen LogP contribution < -0.4 is 0 Å². The van der Waals surface area contributed by atoms with Crippen molar-refractivity contribution >= 4 is 0 Å². The molecule has 194 valence electrons. The Morgan fingerprint density at radius 2 is 1.91 bits per heavy atom. The zero-order valence-corrected chi connectivity index (χ0v) is 21.2. The van der Waals surface area contributed by atoms with Crippen molar-refractivity contribution in [3.8, 4) is 0 Å². The molecule has 0 radical (unpaired) electrons. The van der Waals surface area contributed by atoms with E-state index in [1.807, 2.05) is 39.0 Å². The summed E-state index contributed by atoms with van der Waals surface area (Å²) in [7, 11) is 0. The summed E-state index contributed by atoms with van der Waals surface area (Å²) in [5.74, 6) is -0.541. The Morgan fingerprint density at radius 3 is 2.66 bits per heavy atom. The van der Waals surface area contributed by atoms with E-state index in [2.05, 4.69) is 12.1 Å². The maximum atomic E-state index is 12.3. The number of hydrogen-bond acceptors (Lipinski definition) is 7. The second-order valence-corrected chi connectivity index (χ2v) is 12.0. The van der Waals surface area contributed by atoms with Gasteiger partial charge in [0, 0.05) is 31.0 Å². The first-order valence-electron chi connectivity index (χ1n) is 13.3. The Balaban J connectivity index is 1.37. The summed E-state index contributed by atoms with van der Waals surface area (Å²) < 4.78 is 32.0. The number of ether oxygens (including phenoxy) is 5. The number of benzene rings is 1. The molecule has 6 fully saturated rings. The van der Waals surface area contributed by atoms with Gasteiger partial charge >= 0.3 is 0 Å². The van der Waals surface area contributed by atoms with Gasteiger partial charge in [-0.15, -0.1) is 0 Å². The number of aliphatic hydroxyl groups is 2. The summed E-state index contributed by atoms with van der Waals surface area (Å²) in [5, 5.41) is 22.3. The number of fused-ring (bicyclic) bond motifs is 1. The first kappa shape index (κ1) is 24.3. The molecule has 9 atom stereocenters. The highest BCUT2D eigenvalue weighted by atomic mass is 16.8. The summed E-state index contributed by atoms with van der Waals surface area (Å²) >= 11 is 0. The Bertz CT molecular complexity index is 923. The average Bonchev–Trinajstić information content (AvgIpc) is 3.40. The van der Waals surface area contributed by atoms with Gasteiger partial charge in [-0.25, -0.2) is 0 Å². The molecule has 7 heteroatoms. The highest BCUT2D eigenvalue weighted by Crippen LogP contribution is 2.77. The molecule has 2 aliphatic heterocycles. The van der Waals surface area contributed by atoms with Gasteiger partial charge in [-0.3, -0.25) is 0 Å². The van der Waals surface area contributed by atoms with Crippen molar-refractivity contribution in [3.63, 3.8) is 0 Å². The standard InChI is InChI=1S/C28H40O7/c1-4-32-22-13-26(17-33-22)16-27(30)12-20-19(10-11-29)21(15-31-14-18-8-6-5-7-9-18)23(27)28(26)24(20)34-25(2,3)35-28/h5-9,19-24,29-30H,4,10-17H2,1-3H3/t19-,20+,21+,22?,23+,24-,26+,27-,28+/m1/s1. The molecular weight excluding hydrogens is 448 g/mol. The molecule has 4 aliphatic carbocycles. The first-order valence-corrected chi connectivity index (χ1v) is 13.3. The van der Waals surface area contributed by atoms with Gasteiger partial charge in [-0.1, -0.05) is 30.3 Å². The van der Waals surface area contributed by atoms with Gasteiger partial charge in [0.25, 0.3) is 0 Å². The van der Waals surface area contributed by atoms with Crippen LogP contribution in [0.4, 0.5) is 0 Å². The predicted molar refractivity (Wildman–Crippen MR) is 127 cm³/mol. The van der Waals surface area contributed by atoms with Crippen LogP contribution in [0.5, 0.6) is 0 Å². The maximum Gasteiger partial charge on any atom is 0.164 e. The highest BCUT2D eigenvalue weighted by molar-refractivity contribution is 5.32. The van der Waals surface area contributed by atoms with Crippen molar-refractivity contribution < 1.29 is 33.9 Å². The van der Waals surface area contributed by atoms with Gasteiger partial charge in [0.2, 0.25) is 0 Å². The largest absolute Gasteiger partial charge is 0.396 e. The fourth-order valence-corrected chi connectivity index (χ4v) is 8.93. The van der Waals surface area contributed by atoms with Crippen molar-refractivity contribution in [1.82, 2.24) is 0 Å². The first-order chi connectivity index (χ1) is 16.8. The third kappa shape index (κ3) is 3.50. The molecule has 35 heavy (non-hydrogen) atoms. The van der Waals surface area contributed by atoms with E-state index in [1.165, 1.54) is 0 Å². The molecule has 2 saturated heterocycles. The molecule has 0 amide bonds. The van der Waals surface area contributed by atoms with Crippen LogP contribution in [0.1, 0.15) is 52.0 Å². The van der Waals surface area contributed by atoms with Gasteiger partial charge in [0.15, 0.2) is 12.1 Å². The third-order valence-electron chi connectivity index (χ3n) is 9.61. The minimum atomic E-state index is -0.873. The minimum Gasteiger partial charge on any atom is -0.396 e. The topological polar surface area (TPSA) is 86.6 Å². The maximum absolute atomic E-state index is 12.3. The zero-order chi connectivity index (χ0) is 24.5. The molecule has 2 heterocycles. The van der Waals surface area contributed by atoms with Crippen LogP contribution in [0.15, 0.2) is 30.3 Å². The Labute approximate surface area is 208 Å². The molecule has 1 aromatic carbocycles. The second kappa shape index (κ2) is 8.48. The number of aliphatic hydroxyl groups excluding tert-OH is 1. The second-order valence-electron chi connectivity index (χ2n) is 12.0. The molecule has 4 bridgehead atoms. The predicted octanol–water partition coefficient (Wildman–Crippen LogP) is 3.26. The van der Waals surface area contributed by atoms with E-state index < -0.39 is 17.0 Å². The molecule has 1 aromatic rings. The van der Waals surface area contributed by atoms with Crippen LogP contribution in [0.2, 0.25) is 0 Å². The van der Waals surface area contributed by atoms with E-state index >= 15 is 0 Å². The molecule has 6 aliphatic rings. The summed E-state index contributed by atoms with van der Waals surface area (Å²) in [6.45, 7) is 8.21. The smallest absolute Gasteiger partial charge is 0.164 e. The Morgan fingerprint density at radius 1 is 1.11 bits per heavy atom. The van der Waals surface area contributed by atoms with Crippen LogP contribution in [0.25, 0.3) is 0 Å². The fourth-order valence-electron chi connectivity index (χ4n) is 8.93. The van der Waals surface area contributed by atoms with Crippen molar-refractivity contribution in [3.05, 3.63) is 35.9 Å². The molecule has 2 N–H and O–H groups in total. The average molecular weight is 489 g/mol. The lowest BCUT2D eigenvalue weighted by molar-refractivity contribution is -0.254. The molecule has 2 spiro atoms. The number of rotatable bonds is 8. The van der Waals surface area contributed by atoms with Crippen LogP contribution >= 0.6 is 0 Å². The van der Waals surface area contributed by atoms with E-state index in [0.29, 0.717) is 52.1 Å². The molecule has 0 aromatic heterocycles. The van der Waals surface area contributed by atoms with E-state index in [9.17, 15) is 10.2 Å². The van der Waals surface area contributed by atoms with Crippen molar-refractivity contribution in [2.24, 2.45) is 29.1 Å². The highest BCUT2D eigenvalue weighted by Gasteiger charge is 2.85. The lowest BCUT2D eigenvalue weighted by Gasteiger charge is -2.62. The normalized spacial score (nSPS) is 47.0. The fraction of sp³-hybridized carbons (Fsp3) is 0.786. The lowest BCUT2D eigenvalue weighted by atomic mass is 9.47. The summed E-state index contributed by atoms with van der Waals surface area (Å²) in [6, 6.07) is 10.2. The number of hydrogen-bond donors (Lipinski definition) is 2. The Kier molecular flexibility index (Phi) is 5.89. The minimum absolute atomic E-state index is 0.0638. The lowest BCUT2D eigenvalue weighted by Crippen LogP contribution is -2.71. The van der Waals surface area contributed by atoms with E-state index in [0.717, 1.165) is 5.56 Å². The van der Waals surface area contributed by atoms with Crippen LogP contribution in [-0.4, -0.2) is 66.0 Å². The molecule has 7 nitrogen and oxygen atoms in total. The zero-order valence-electron chi connectivity index (χ0n) is 21.2. The molecule has 7 rings (SSSR count). The van der Waals surface area contributed by atoms with Gasteiger partial charge in [0.05, 0.1) is 31.5 Å². The van der Waals surface area contributed by atoms with Crippen molar-refractivity contribution in [2.45, 2.75) is 82.4 Å². The van der Waals surface area contributed by atoms with Crippen LogP contribution in [-0.2, 0) is 30.3 Å². The van der Waals surface area contributed by atoms with Gasteiger partial charge in [-0.2, -0.15) is 0 Å². The summed E-state index contributed by atoms with van der Waals surface area (Å²) in [4.78, 5) is 0. The quantitative estimate of drug-likeness (QED) is 0.581. The summed E-state index contributed by atoms with van der Waals surface area (Å²) in [6.07, 6.45) is 2.25.